The summed E-state index contributed by atoms with van der Waals surface area (Å²) in [4.78, 5) is 4.78. The number of benzene rings is 2. The van der Waals surface area contributed by atoms with E-state index in [1.54, 1.807) is 0 Å². The van der Waals surface area contributed by atoms with Gasteiger partial charge >= 0.3 is 0 Å². The van der Waals surface area contributed by atoms with E-state index in [0.717, 1.165) is 36.3 Å². The molecule has 8 heteroatoms. The molecule has 0 radical (unpaired) electrons. The first kappa shape index (κ1) is 25.3. The van der Waals surface area contributed by atoms with Crippen LogP contribution in [0.25, 0.3) is 10.8 Å². The third-order valence-electron chi connectivity index (χ3n) is 6.11. The molecular formula is C25H35IN6O. The third kappa shape index (κ3) is 7.31. The number of aryl methyl sites for hydroxylation is 1. The molecule has 3 aromatic rings. The highest BCUT2D eigenvalue weighted by atomic mass is 127. The van der Waals surface area contributed by atoms with Gasteiger partial charge in [-0.05, 0) is 49.1 Å². The molecular weight excluding hydrogens is 527 g/mol. The van der Waals surface area contributed by atoms with Crippen LogP contribution in [0.1, 0.15) is 50.2 Å². The normalized spacial score (nSPS) is 14.7. The SMILES string of the molecule is Cc1nnc(CN=C(NCCCOc2ccc3ccccc3c2)NC2CCCCC2)n1C.I. The van der Waals surface area contributed by atoms with Crippen LogP contribution in [-0.4, -0.2) is 39.9 Å². The molecule has 0 spiro atoms. The van der Waals surface area contributed by atoms with Crippen LogP contribution < -0.4 is 15.4 Å². The summed E-state index contributed by atoms with van der Waals surface area (Å²) in [5.74, 6) is 3.53. The predicted molar refractivity (Wildman–Crippen MR) is 144 cm³/mol. The molecule has 2 aromatic carbocycles. The lowest BCUT2D eigenvalue weighted by molar-refractivity contribution is 0.311. The lowest BCUT2D eigenvalue weighted by Crippen LogP contribution is -2.44. The molecule has 7 nitrogen and oxygen atoms in total. The zero-order valence-corrected chi connectivity index (χ0v) is 21.9. The van der Waals surface area contributed by atoms with Crippen molar-refractivity contribution in [2.45, 2.75) is 58.0 Å². The average molecular weight is 563 g/mol. The smallest absolute Gasteiger partial charge is 0.191 e. The van der Waals surface area contributed by atoms with Gasteiger partial charge in [-0.1, -0.05) is 49.6 Å². The van der Waals surface area contributed by atoms with Crippen molar-refractivity contribution in [1.82, 2.24) is 25.4 Å². The van der Waals surface area contributed by atoms with Gasteiger partial charge in [0, 0.05) is 19.6 Å². The first-order chi connectivity index (χ1) is 15.7. The molecule has 1 fully saturated rings. The standard InChI is InChI=1S/C25H34N6O.HI/c1-19-29-30-24(31(19)2)18-27-25(28-22-11-4-3-5-12-22)26-15-8-16-32-23-14-13-20-9-6-7-10-21(20)17-23;/h6-7,9-10,13-14,17,22H,3-5,8,11-12,15-16,18H2,1-2H3,(H2,26,27,28);1H. The van der Waals surface area contributed by atoms with Crippen molar-refractivity contribution in [3.05, 3.63) is 54.1 Å². The number of ether oxygens (including phenoxy) is 1. The first-order valence-electron chi connectivity index (χ1n) is 11.7. The number of rotatable bonds is 8. The highest BCUT2D eigenvalue weighted by Gasteiger charge is 2.15. The second-order valence-electron chi connectivity index (χ2n) is 8.50. The van der Waals surface area contributed by atoms with E-state index >= 15 is 0 Å². The Labute approximate surface area is 213 Å². The van der Waals surface area contributed by atoms with E-state index in [1.807, 2.05) is 24.6 Å². The van der Waals surface area contributed by atoms with Gasteiger partial charge in [-0.15, -0.1) is 34.2 Å². The Kier molecular flexibility index (Phi) is 9.77. The molecule has 0 amide bonds. The van der Waals surface area contributed by atoms with Gasteiger partial charge in [-0.25, -0.2) is 4.99 Å². The van der Waals surface area contributed by atoms with Crippen LogP contribution in [-0.2, 0) is 13.6 Å². The summed E-state index contributed by atoms with van der Waals surface area (Å²) in [5, 5.41) is 17.9. The van der Waals surface area contributed by atoms with Crippen LogP contribution in [0.4, 0.5) is 0 Å². The van der Waals surface area contributed by atoms with E-state index < -0.39 is 0 Å². The number of hydrogen-bond donors (Lipinski definition) is 2. The molecule has 1 aliphatic rings. The topological polar surface area (TPSA) is 76.4 Å². The lowest BCUT2D eigenvalue weighted by Gasteiger charge is -2.25. The monoisotopic (exact) mass is 562 g/mol. The summed E-state index contributed by atoms with van der Waals surface area (Å²) >= 11 is 0. The average Bonchev–Trinajstić information content (AvgIpc) is 3.15. The summed E-state index contributed by atoms with van der Waals surface area (Å²) in [6.45, 7) is 3.91. The fourth-order valence-corrected chi connectivity index (χ4v) is 4.06. The molecule has 0 aliphatic heterocycles. The van der Waals surface area contributed by atoms with Crippen LogP contribution in [0.3, 0.4) is 0 Å². The lowest BCUT2D eigenvalue weighted by atomic mass is 9.96. The fourth-order valence-electron chi connectivity index (χ4n) is 4.06. The van der Waals surface area contributed by atoms with Crippen LogP contribution in [0.5, 0.6) is 5.75 Å². The highest BCUT2D eigenvalue weighted by molar-refractivity contribution is 14.0. The van der Waals surface area contributed by atoms with Gasteiger partial charge in [0.05, 0.1) is 6.61 Å². The van der Waals surface area contributed by atoms with E-state index in [1.165, 1.54) is 42.9 Å². The van der Waals surface area contributed by atoms with Crippen LogP contribution in [0.2, 0.25) is 0 Å². The summed E-state index contributed by atoms with van der Waals surface area (Å²) in [7, 11) is 1.98. The third-order valence-corrected chi connectivity index (χ3v) is 6.11. The molecule has 0 saturated heterocycles. The largest absolute Gasteiger partial charge is 0.494 e. The van der Waals surface area contributed by atoms with Crippen molar-refractivity contribution in [1.29, 1.82) is 0 Å². The van der Waals surface area contributed by atoms with Gasteiger partial charge in [0.15, 0.2) is 11.8 Å². The number of fused-ring (bicyclic) bond motifs is 1. The van der Waals surface area contributed by atoms with E-state index in [-0.39, 0.29) is 24.0 Å². The Morgan fingerprint density at radius 1 is 1.09 bits per heavy atom. The predicted octanol–water partition coefficient (Wildman–Crippen LogP) is 4.73. The van der Waals surface area contributed by atoms with Gasteiger partial charge in [0.25, 0.3) is 0 Å². The second kappa shape index (κ2) is 12.8. The zero-order chi connectivity index (χ0) is 22.2. The Hall–Kier alpha value is -2.36. The minimum absolute atomic E-state index is 0. The van der Waals surface area contributed by atoms with E-state index in [0.29, 0.717) is 19.2 Å². The van der Waals surface area contributed by atoms with Crippen molar-refractivity contribution in [3.8, 4) is 5.75 Å². The Balaban J connectivity index is 0.00000306. The van der Waals surface area contributed by atoms with Gasteiger partial charge in [-0.2, -0.15) is 0 Å². The fraction of sp³-hybridized carbons (Fsp3) is 0.480. The van der Waals surface area contributed by atoms with E-state index in [4.69, 9.17) is 9.73 Å². The van der Waals surface area contributed by atoms with Crippen LogP contribution in [0, 0.1) is 6.92 Å². The number of aromatic nitrogens is 3. The molecule has 4 rings (SSSR count). The van der Waals surface area contributed by atoms with Crippen LogP contribution >= 0.6 is 24.0 Å². The maximum Gasteiger partial charge on any atom is 0.191 e. The molecule has 33 heavy (non-hydrogen) atoms. The number of guanidine groups is 1. The number of halogens is 1. The molecule has 1 aromatic heterocycles. The first-order valence-corrected chi connectivity index (χ1v) is 11.7. The summed E-state index contributed by atoms with van der Waals surface area (Å²) < 4.78 is 7.96. The van der Waals surface area contributed by atoms with Gasteiger partial charge in [0.1, 0.15) is 18.1 Å². The minimum Gasteiger partial charge on any atom is -0.494 e. The van der Waals surface area contributed by atoms with E-state index in [2.05, 4.69) is 57.2 Å². The minimum atomic E-state index is 0. The number of aliphatic imine (C=N–C) groups is 1. The zero-order valence-electron chi connectivity index (χ0n) is 19.6. The quantitative estimate of drug-likeness (QED) is 0.180. The number of hydrogen-bond acceptors (Lipinski definition) is 4. The van der Waals surface area contributed by atoms with E-state index in [9.17, 15) is 0 Å². The molecule has 178 valence electrons. The van der Waals surface area contributed by atoms with Crippen molar-refractivity contribution in [2.75, 3.05) is 13.2 Å². The van der Waals surface area contributed by atoms with Crippen LogP contribution in [0.15, 0.2) is 47.5 Å². The second-order valence-corrected chi connectivity index (χ2v) is 8.50. The Bertz CT molecular complexity index is 1040. The molecule has 1 saturated carbocycles. The molecule has 0 bridgehead atoms. The van der Waals surface area contributed by atoms with Crippen molar-refractivity contribution in [3.63, 3.8) is 0 Å². The van der Waals surface area contributed by atoms with Gasteiger partial charge < -0.3 is 19.9 Å². The highest BCUT2D eigenvalue weighted by Crippen LogP contribution is 2.20. The maximum absolute atomic E-state index is 5.97. The molecule has 1 heterocycles. The molecule has 0 atom stereocenters. The maximum atomic E-state index is 5.97. The van der Waals surface area contributed by atoms with Crippen molar-refractivity contribution < 1.29 is 4.74 Å². The van der Waals surface area contributed by atoms with Gasteiger partial charge in [-0.3, -0.25) is 0 Å². The number of nitrogens with one attached hydrogen (secondary N) is 2. The molecule has 1 aliphatic carbocycles. The molecule has 2 N–H and O–H groups in total. The summed E-state index contributed by atoms with van der Waals surface area (Å²) in [6.07, 6.45) is 7.20. The summed E-state index contributed by atoms with van der Waals surface area (Å²) in [6, 6.07) is 15.1. The molecule has 0 unspecified atom stereocenters. The van der Waals surface area contributed by atoms with Crippen molar-refractivity contribution in [2.24, 2.45) is 12.0 Å². The summed E-state index contributed by atoms with van der Waals surface area (Å²) in [5.41, 5.74) is 0. The Morgan fingerprint density at radius 3 is 2.64 bits per heavy atom. The van der Waals surface area contributed by atoms with Gasteiger partial charge in [0.2, 0.25) is 0 Å². The van der Waals surface area contributed by atoms with Crippen molar-refractivity contribution >= 4 is 40.7 Å². The number of nitrogens with zero attached hydrogens (tertiary/aromatic N) is 4. The Morgan fingerprint density at radius 2 is 1.88 bits per heavy atom.